The molecule has 40 heavy (non-hydrogen) atoms. The van der Waals surface area contributed by atoms with Crippen molar-refractivity contribution in [3.05, 3.63) is 77.1 Å². The summed E-state index contributed by atoms with van der Waals surface area (Å²) >= 11 is 11.7. The van der Waals surface area contributed by atoms with Gasteiger partial charge >= 0.3 is 0 Å². The molecule has 1 unspecified atom stereocenters. The summed E-state index contributed by atoms with van der Waals surface area (Å²) in [4.78, 5) is 29.0. The van der Waals surface area contributed by atoms with Gasteiger partial charge in [-0.2, -0.15) is 8.42 Å². The zero-order valence-corrected chi connectivity index (χ0v) is 23.4. The van der Waals surface area contributed by atoms with Gasteiger partial charge in [-0.1, -0.05) is 29.8 Å². The summed E-state index contributed by atoms with van der Waals surface area (Å²) in [6.45, 7) is 3.10. The molecule has 3 aromatic rings. The maximum absolute atomic E-state index is 13.5. The van der Waals surface area contributed by atoms with E-state index in [0.29, 0.717) is 5.70 Å². The number of imidazole rings is 1. The third-order valence-corrected chi connectivity index (χ3v) is 7.83. The number of rotatable bonds is 10. The summed E-state index contributed by atoms with van der Waals surface area (Å²) in [5.41, 5.74) is 0.474. The second kappa shape index (κ2) is 12.1. The number of hydrogen-bond acceptors (Lipinski definition) is 7. The van der Waals surface area contributed by atoms with Gasteiger partial charge in [0, 0.05) is 43.0 Å². The van der Waals surface area contributed by atoms with E-state index in [9.17, 15) is 22.4 Å². The molecular weight excluding hydrogens is 588 g/mol. The average molecular weight is 612 g/mol. The highest BCUT2D eigenvalue weighted by Gasteiger charge is 2.38. The molecule has 0 fully saturated rings. The largest absolute Gasteiger partial charge is 0.484 e. The number of nitrogens with zero attached hydrogens (tertiary/aromatic N) is 3. The van der Waals surface area contributed by atoms with Crippen LogP contribution in [0.1, 0.15) is 6.42 Å². The predicted molar refractivity (Wildman–Crippen MR) is 145 cm³/mol. The van der Waals surface area contributed by atoms with Gasteiger partial charge in [0.05, 0.1) is 23.6 Å². The number of anilines is 1. The lowest BCUT2D eigenvalue weighted by molar-refractivity contribution is -0.127. The zero-order valence-electron chi connectivity index (χ0n) is 21.1. The maximum Gasteiger partial charge on any atom is 0.283 e. The number of nitrogens with one attached hydrogen (secondary N) is 2. The number of fused-ring (bicyclic) bond motifs is 1. The van der Waals surface area contributed by atoms with Crippen LogP contribution in [-0.2, 0) is 26.7 Å². The summed E-state index contributed by atoms with van der Waals surface area (Å²) in [6, 6.07) is 8.23. The summed E-state index contributed by atoms with van der Waals surface area (Å²) in [5.74, 6) is -1.49. The molecule has 1 aromatic heterocycles. The van der Waals surface area contributed by atoms with E-state index in [2.05, 4.69) is 22.2 Å². The first-order valence-corrected chi connectivity index (χ1v) is 13.9. The van der Waals surface area contributed by atoms with Gasteiger partial charge in [0.1, 0.15) is 17.3 Å². The Hall–Kier alpha value is -3.81. The molecule has 1 aliphatic rings. The van der Waals surface area contributed by atoms with E-state index < -0.39 is 40.4 Å². The van der Waals surface area contributed by atoms with Crippen molar-refractivity contribution in [1.29, 1.82) is 0 Å². The molecule has 15 heteroatoms. The van der Waals surface area contributed by atoms with E-state index in [1.165, 1.54) is 47.4 Å². The summed E-state index contributed by atoms with van der Waals surface area (Å²) in [6.07, 6.45) is 1.69. The van der Waals surface area contributed by atoms with Gasteiger partial charge in [-0.3, -0.25) is 13.9 Å². The second-order valence-corrected chi connectivity index (χ2v) is 11.3. The Morgan fingerprint density at radius 1 is 1.25 bits per heavy atom. The van der Waals surface area contributed by atoms with E-state index in [-0.39, 0.29) is 51.8 Å². The number of carbonyl (C=O) groups is 2. The number of aromatic nitrogens is 2. The predicted octanol–water partition coefficient (Wildman–Crippen LogP) is 3.04. The van der Waals surface area contributed by atoms with Crippen molar-refractivity contribution in [2.45, 2.75) is 17.6 Å². The van der Waals surface area contributed by atoms with Crippen molar-refractivity contribution in [3.8, 4) is 11.5 Å². The van der Waals surface area contributed by atoms with Gasteiger partial charge in [0.2, 0.25) is 0 Å². The van der Waals surface area contributed by atoms with Crippen molar-refractivity contribution in [3.63, 3.8) is 0 Å². The Morgan fingerprint density at radius 3 is 2.73 bits per heavy atom. The van der Waals surface area contributed by atoms with Crippen molar-refractivity contribution < 1.29 is 31.9 Å². The fourth-order valence-electron chi connectivity index (χ4n) is 3.69. The van der Waals surface area contributed by atoms with Gasteiger partial charge in [-0.25, -0.2) is 9.37 Å². The van der Waals surface area contributed by atoms with Crippen molar-refractivity contribution in [2.75, 3.05) is 24.0 Å². The number of halogens is 3. The molecule has 4 rings (SSSR count). The molecule has 2 amide bonds. The van der Waals surface area contributed by atoms with Crippen molar-refractivity contribution >= 4 is 50.7 Å². The number of benzene rings is 2. The molecule has 0 saturated carbocycles. The highest BCUT2D eigenvalue weighted by molar-refractivity contribution is 7.92. The van der Waals surface area contributed by atoms with E-state index in [0.717, 1.165) is 10.4 Å². The average Bonchev–Trinajstić information content (AvgIpc) is 3.35. The lowest BCUT2D eigenvalue weighted by atomic mass is 10.2. The fraction of sp³-hybridized carbons (Fsp3) is 0.240. The summed E-state index contributed by atoms with van der Waals surface area (Å²) in [5, 5.41) is 5.21. The Morgan fingerprint density at radius 2 is 2.02 bits per heavy atom. The molecule has 212 valence electrons. The Balaban J connectivity index is 1.32. The lowest BCUT2D eigenvalue weighted by Crippen LogP contribution is -2.51. The number of ether oxygens (including phenoxy) is 2. The number of sulfonamides is 1. The normalized spacial score (nSPS) is 14.6. The van der Waals surface area contributed by atoms with Crippen LogP contribution >= 0.6 is 23.2 Å². The van der Waals surface area contributed by atoms with Gasteiger partial charge in [-0.15, -0.1) is 0 Å². The van der Waals surface area contributed by atoms with Crippen LogP contribution in [0.2, 0.25) is 10.0 Å². The minimum atomic E-state index is -4.13. The first-order valence-electron chi connectivity index (χ1n) is 11.7. The molecule has 1 atom stereocenters. The molecule has 0 aliphatic carbocycles. The van der Waals surface area contributed by atoms with Crippen LogP contribution in [-0.4, -0.2) is 55.6 Å². The number of amides is 2. The Labute approximate surface area is 239 Å². The highest BCUT2D eigenvalue weighted by Crippen LogP contribution is 2.38. The third-order valence-electron chi connectivity index (χ3n) is 5.62. The maximum atomic E-state index is 13.5. The van der Waals surface area contributed by atoms with E-state index >= 15 is 0 Å². The van der Waals surface area contributed by atoms with Crippen LogP contribution in [0.25, 0.3) is 0 Å². The molecule has 11 nitrogen and oxygen atoms in total. The first-order chi connectivity index (χ1) is 18.9. The van der Waals surface area contributed by atoms with Crippen LogP contribution in [0.3, 0.4) is 0 Å². The van der Waals surface area contributed by atoms with Crippen molar-refractivity contribution in [1.82, 2.24) is 20.2 Å². The number of hydrogen-bond donors (Lipinski definition) is 2. The van der Waals surface area contributed by atoms with Gasteiger partial charge in [0.15, 0.2) is 17.7 Å². The van der Waals surface area contributed by atoms with E-state index in [1.807, 2.05) is 0 Å². The Kier molecular flexibility index (Phi) is 8.86. The van der Waals surface area contributed by atoms with E-state index in [4.69, 9.17) is 32.7 Å². The quantitative estimate of drug-likeness (QED) is 0.360. The van der Waals surface area contributed by atoms with Crippen molar-refractivity contribution in [2.24, 2.45) is 7.05 Å². The van der Waals surface area contributed by atoms with Gasteiger partial charge < -0.3 is 24.7 Å². The molecular formula is C25H24Cl2FN5O6S. The molecule has 2 aromatic carbocycles. The molecule has 0 radical (unpaired) electrons. The monoisotopic (exact) mass is 611 g/mol. The smallest absolute Gasteiger partial charge is 0.283 e. The second-order valence-electron chi connectivity index (χ2n) is 8.69. The molecule has 1 aliphatic heterocycles. The fourth-order valence-corrected chi connectivity index (χ4v) is 5.41. The summed E-state index contributed by atoms with van der Waals surface area (Å²) in [7, 11) is -2.50. The van der Waals surface area contributed by atoms with Crippen LogP contribution in [0.15, 0.2) is 66.2 Å². The number of carbonyl (C=O) groups excluding carboxylic acids is 2. The minimum absolute atomic E-state index is 0.0676. The van der Waals surface area contributed by atoms with Gasteiger partial charge in [0.25, 0.3) is 21.8 Å². The van der Waals surface area contributed by atoms with Crippen LogP contribution in [0.5, 0.6) is 11.5 Å². The molecule has 0 spiro atoms. The van der Waals surface area contributed by atoms with Crippen LogP contribution in [0.4, 0.5) is 10.1 Å². The van der Waals surface area contributed by atoms with E-state index in [1.54, 1.807) is 7.05 Å². The van der Waals surface area contributed by atoms with Gasteiger partial charge in [-0.05, 0) is 30.3 Å². The summed E-state index contributed by atoms with van der Waals surface area (Å²) < 4.78 is 53.7. The lowest BCUT2D eigenvalue weighted by Gasteiger charge is -2.34. The highest BCUT2D eigenvalue weighted by atomic mass is 35.5. The SMILES string of the molecule is C=C(CCNC(=O)C1CN(S(=O)(=O)c2cn(C)cn2)c2cc(Cl)ccc2O1)NC(=O)COc1ccc(Cl)c(F)c1. The van der Waals surface area contributed by atoms with Crippen LogP contribution in [0, 0.1) is 5.82 Å². The zero-order chi connectivity index (χ0) is 29.0. The molecule has 2 heterocycles. The standard InChI is InChI=1S/C25H24Cl2FN5O6S/c1-15(31-23(34)13-38-17-4-5-18(27)19(28)10-17)7-8-29-25(35)22-11-33(20-9-16(26)3-6-21(20)39-22)40(36,37)24-12-32(2)14-30-24/h3-6,9-10,12,14,22H,1,7-8,11,13H2,2H3,(H,29,35)(H,31,34). The number of aryl methyl sites for hydroxylation is 1. The molecule has 0 bridgehead atoms. The topological polar surface area (TPSA) is 132 Å². The third kappa shape index (κ3) is 6.84. The Bertz CT molecular complexity index is 1560. The van der Waals surface area contributed by atoms with Crippen LogP contribution < -0.4 is 24.4 Å². The minimum Gasteiger partial charge on any atom is -0.484 e. The molecule has 2 N–H and O–H groups in total. The first kappa shape index (κ1) is 29.2. The molecule has 0 saturated heterocycles.